The molecule has 2 aliphatic carbocycles. The quantitative estimate of drug-likeness (QED) is 0.576. The van der Waals surface area contributed by atoms with Crippen LogP contribution in [0.25, 0.3) is 6.08 Å². The summed E-state index contributed by atoms with van der Waals surface area (Å²) in [7, 11) is 4.83. The van der Waals surface area contributed by atoms with Gasteiger partial charge in [-0.2, -0.15) is 5.10 Å². The number of carbonyl (C=O) groups excluding carboxylic acids is 1. The second-order valence-electron chi connectivity index (χ2n) is 8.47. The molecule has 7 nitrogen and oxygen atoms in total. The van der Waals surface area contributed by atoms with Gasteiger partial charge in [-0.3, -0.25) is 9.89 Å². The molecule has 0 aliphatic heterocycles. The fraction of sp³-hybridized carbons (Fsp3) is 0.308. The highest BCUT2D eigenvalue weighted by atomic mass is 16.5. The Morgan fingerprint density at radius 1 is 1.03 bits per heavy atom. The zero-order chi connectivity index (χ0) is 23.0. The van der Waals surface area contributed by atoms with Crippen LogP contribution in [0.4, 0.5) is 0 Å². The number of ether oxygens (including phenoxy) is 3. The number of nitrogens with zero attached hydrogens (tertiary/aromatic N) is 1. The summed E-state index contributed by atoms with van der Waals surface area (Å²) in [6, 6.07) is 14.5. The molecule has 0 bridgehead atoms. The van der Waals surface area contributed by atoms with Crippen molar-refractivity contribution in [3.8, 4) is 17.2 Å². The van der Waals surface area contributed by atoms with E-state index in [0.29, 0.717) is 29.4 Å². The fourth-order valence-corrected chi connectivity index (χ4v) is 4.56. The van der Waals surface area contributed by atoms with E-state index >= 15 is 0 Å². The van der Waals surface area contributed by atoms with Crippen LogP contribution in [0.15, 0.2) is 48.5 Å². The largest absolute Gasteiger partial charge is 0.493 e. The van der Waals surface area contributed by atoms with Crippen LogP contribution in [-0.4, -0.2) is 43.5 Å². The van der Waals surface area contributed by atoms with E-state index in [2.05, 4.69) is 33.7 Å². The highest BCUT2D eigenvalue weighted by Crippen LogP contribution is 2.47. The molecule has 2 N–H and O–H groups in total. The van der Waals surface area contributed by atoms with Crippen LogP contribution in [-0.2, 0) is 11.8 Å². The van der Waals surface area contributed by atoms with Crippen molar-refractivity contribution in [1.29, 1.82) is 0 Å². The summed E-state index contributed by atoms with van der Waals surface area (Å²) in [5.74, 6) is 1.61. The van der Waals surface area contributed by atoms with Gasteiger partial charge >= 0.3 is 0 Å². The summed E-state index contributed by atoms with van der Waals surface area (Å²) in [4.78, 5) is 12.7. The second kappa shape index (κ2) is 8.31. The van der Waals surface area contributed by atoms with E-state index in [4.69, 9.17) is 14.2 Å². The Morgan fingerprint density at radius 2 is 1.73 bits per heavy atom. The van der Waals surface area contributed by atoms with Gasteiger partial charge in [0.2, 0.25) is 5.75 Å². The van der Waals surface area contributed by atoms with Crippen molar-refractivity contribution >= 4 is 12.0 Å². The Kier molecular flexibility index (Phi) is 5.32. The molecule has 0 saturated heterocycles. The first-order valence-electron chi connectivity index (χ1n) is 11.0. The molecule has 33 heavy (non-hydrogen) atoms. The second-order valence-corrected chi connectivity index (χ2v) is 8.47. The third-order valence-corrected chi connectivity index (χ3v) is 6.47. The molecule has 170 valence electrons. The smallest absolute Gasteiger partial charge is 0.272 e. The van der Waals surface area contributed by atoms with Crippen molar-refractivity contribution in [3.05, 3.63) is 76.6 Å². The van der Waals surface area contributed by atoms with E-state index in [1.807, 2.05) is 36.4 Å². The Bertz CT molecular complexity index is 1190. The van der Waals surface area contributed by atoms with Gasteiger partial charge in [0, 0.05) is 29.1 Å². The number of H-pyrrole nitrogens is 1. The summed E-state index contributed by atoms with van der Waals surface area (Å²) in [5, 5.41) is 10.5. The topological polar surface area (TPSA) is 85.5 Å². The molecule has 1 amide bonds. The number of amides is 1. The Labute approximate surface area is 192 Å². The summed E-state index contributed by atoms with van der Waals surface area (Å²) in [6.07, 6.45) is 6.82. The fourth-order valence-electron chi connectivity index (χ4n) is 4.56. The van der Waals surface area contributed by atoms with Crippen LogP contribution in [0, 0.1) is 0 Å². The van der Waals surface area contributed by atoms with Gasteiger partial charge in [0.25, 0.3) is 5.91 Å². The van der Waals surface area contributed by atoms with Crippen LogP contribution < -0.4 is 19.5 Å². The molecule has 1 atom stereocenters. The maximum atomic E-state index is 12.7. The third kappa shape index (κ3) is 3.63. The van der Waals surface area contributed by atoms with Crippen molar-refractivity contribution in [1.82, 2.24) is 15.5 Å². The van der Waals surface area contributed by atoms with Crippen LogP contribution in [0.5, 0.6) is 17.2 Å². The zero-order valence-electron chi connectivity index (χ0n) is 19.0. The number of aromatic amines is 1. The first kappa shape index (κ1) is 21.1. The maximum absolute atomic E-state index is 12.7. The molecule has 1 saturated carbocycles. The lowest BCUT2D eigenvalue weighted by Gasteiger charge is -2.35. The lowest BCUT2D eigenvalue weighted by molar-refractivity contribution is 0.0946. The molecule has 3 aromatic rings. The van der Waals surface area contributed by atoms with E-state index in [9.17, 15) is 4.79 Å². The monoisotopic (exact) mass is 445 g/mol. The van der Waals surface area contributed by atoms with Crippen molar-refractivity contribution in [2.45, 2.75) is 30.7 Å². The number of hydrogen-bond donors (Lipinski definition) is 2. The number of rotatable bonds is 7. The van der Waals surface area contributed by atoms with Gasteiger partial charge in [0.05, 0.1) is 21.3 Å². The lowest BCUT2D eigenvalue weighted by Crippen LogP contribution is -2.31. The molecule has 0 radical (unpaired) electrons. The molecule has 2 aliphatic rings. The van der Waals surface area contributed by atoms with Gasteiger partial charge in [-0.15, -0.1) is 0 Å². The molecule has 2 aromatic carbocycles. The summed E-state index contributed by atoms with van der Waals surface area (Å²) >= 11 is 0. The molecule has 7 heteroatoms. The van der Waals surface area contributed by atoms with E-state index in [-0.39, 0.29) is 11.9 Å². The van der Waals surface area contributed by atoms with Crippen LogP contribution in [0.1, 0.15) is 45.7 Å². The molecule has 1 heterocycles. The number of carbonyl (C=O) groups is 1. The van der Waals surface area contributed by atoms with Crippen molar-refractivity contribution in [2.75, 3.05) is 21.3 Å². The standard InChI is InChI=1S/C26H27N3O4/c1-31-21-13-17(14-22(32-2)24(21)33-3)26(16-7-5-4-6-8-16)12-11-19-20(15-26)28-29-23(19)25(30)27-18-9-10-18/h4-8,11-14,18H,9-10,15H2,1-3H3,(H,27,30)(H,28,29). The third-order valence-electron chi connectivity index (χ3n) is 6.47. The highest BCUT2D eigenvalue weighted by molar-refractivity contribution is 5.97. The molecule has 1 aromatic heterocycles. The maximum Gasteiger partial charge on any atom is 0.272 e. The number of aromatic nitrogens is 2. The Hall–Kier alpha value is -3.74. The predicted molar refractivity (Wildman–Crippen MR) is 125 cm³/mol. The molecule has 1 unspecified atom stereocenters. The minimum absolute atomic E-state index is 0.125. The molecule has 1 fully saturated rings. The van der Waals surface area contributed by atoms with Gasteiger partial charge < -0.3 is 19.5 Å². The number of benzene rings is 2. The van der Waals surface area contributed by atoms with Gasteiger partial charge in [-0.05, 0) is 36.1 Å². The van der Waals surface area contributed by atoms with Crippen LogP contribution in [0.2, 0.25) is 0 Å². The summed E-state index contributed by atoms with van der Waals surface area (Å²) < 4.78 is 16.8. The molecule has 0 spiro atoms. The average Bonchev–Trinajstić information content (AvgIpc) is 3.58. The lowest BCUT2D eigenvalue weighted by atomic mass is 9.68. The predicted octanol–water partition coefficient (Wildman–Crippen LogP) is 3.88. The molecular weight excluding hydrogens is 418 g/mol. The minimum Gasteiger partial charge on any atom is -0.493 e. The van der Waals surface area contributed by atoms with Gasteiger partial charge in [-0.1, -0.05) is 42.5 Å². The van der Waals surface area contributed by atoms with Gasteiger partial charge in [0.1, 0.15) is 0 Å². The minimum atomic E-state index is -0.516. The molecular formula is C26H27N3O4. The first-order chi connectivity index (χ1) is 16.1. The summed E-state index contributed by atoms with van der Waals surface area (Å²) in [5.41, 5.74) is 3.78. The SMILES string of the molecule is COc1cc(C2(c3ccccc3)C=Cc3c(C(=O)NC4CC4)n[nH]c3C2)cc(OC)c1OC. The van der Waals surface area contributed by atoms with Crippen molar-refractivity contribution in [2.24, 2.45) is 0 Å². The number of allylic oxidation sites excluding steroid dienone is 1. The van der Waals surface area contributed by atoms with Crippen molar-refractivity contribution in [3.63, 3.8) is 0 Å². The molecule has 5 rings (SSSR count). The normalized spacial score (nSPS) is 19.0. The van der Waals surface area contributed by atoms with E-state index in [0.717, 1.165) is 35.2 Å². The number of methoxy groups -OCH3 is 3. The van der Waals surface area contributed by atoms with E-state index in [1.54, 1.807) is 21.3 Å². The summed E-state index contributed by atoms with van der Waals surface area (Å²) in [6.45, 7) is 0. The first-order valence-corrected chi connectivity index (χ1v) is 11.0. The van der Waals surface area contributed by atoms with Gasteiger partial charge in [0.15, 0.2) is 17.2 Å². The number of nitrogens with one attached hydrogen (secondary N) is 2. The van der Waals surface area contributed by atoms with E-state index in [1.165, 1.54) is 0 Å². The Morgan fingerprint density at radius 3 is 2.33 bits per heavy atom. The number of fused-ring (bicyclic) bond motifs is 1. The zero-order valence-corrected chi connectivity index (χ0v) is 19.0. The number of hydrogen-bond acceptors (Lipinski definition) is 5. The van der Waals surface area contributed by atoms with E-state index < -0.39 is 5.41 Å². The van der Waals surface area contributed by atoms with Crippen LogP contribution in [0.3, 0.4) is 0 Å². The highest BCUT2D eigenvalue weighted by Gasteiger charge is 2.39. The average molecular weight is 446 g/mol. The van der Waals surface area contributed by atoms with Crippen molar-refractivity contribution < 1.29 is 19.0 Å². The van der Waals surface area contributed by atoms with Gasteiger partial charge in [-0.25, -0.2) is 0 Å². The van der Waals surface area contributed by atoms with Crippen LogP contribution >= 0.6 is 0 Å². The Balaban J connectivity index is 1.64.